The summed E-state index contributed by atoms with van der Waals surface area (Å²) in [6, 6.07) is 14.4. The first-order valence-electron chi connectivity index (χ1n) is 10.0. The van der Waals surface area contributed by atoms with Gasteiger partial charge < -0.3 is 40.1 Å². The standard InChI is InChI=1S/C19H19FN2O.C4H6O6/c1-22-10-2-9-19(16-4-6-17(20)7-5-16)18-8-3-14(12-21)11-15(18)13-23-19;5-1(3(7)8)2(6)4(9)10/h3-8,11,22H,2,9-10,13H2,1H3;1-2,5-6H,(H,7,8)(H,9,10)/p-2/t19-;1-,2-/m11/s1. The Bertz CT molecular complexity index is 1000. The lowest BCUT2D eigenvalue weighted by Crippen LogP contribution is -2.51. The van der Waals surface area contributed by atoms with E-state index in [0.29, 0.717) is 12.2 Å². The average molecular weight is 458 g/mol. The van der Waals surface area contributed by atoms with Gasteiger partial charge in [0.2, 0.25) is 0 Å². The molecule has 0 spiro atoms. The Balaban J connectivity index is 0.000000328. The molecule has 1 aliphatic rings. The molecule has 3 atom stereocenters. The zero-order valence-electron chi connectivity index (χ0n) is 17.8. The molecule has 0 amide bonds. The number of benzene rings is 2. The van der Waals surface area contributed by atoms with Crippen molar-refractivity contribution in [1.29, 1.82) is 5.26 Å². The van der Waals surface area contributed by atoms with Crippen molar-refractivity contribution in [2.45, 2.75) is 37.3 Å². The zero-order chi connectivity index (χ0) is 24.6. The molecule has 0 fully saturated rings. The van der Waals surface area contributed by atoms with Gasteiger partial charge in [-0.1, -0.05) is 18.2 Å². The van der Waals surface area contributed by atoms with E-state index in [9.17, 15) is 24.2 Å². The van der Waals surface area contributed by atoms with Crippen molar-refractivity contribution in [3.8, 4) is 6.07 Å². The summed E-state index contributed by atoms with van der Waals surface area (Å²) in [5.41, 5.74) is 3.15. The minimum atomic E-state index is -2.44. The zero-order valence-corrected chi connectivity index (χ0v) is 17.8. The highest BCUT2D eigenvalue weighted by molar-refractivity contribution is 5.80. The van der Waals surface area contributed by atoms with Gasteiger partial charge in [0, 0.05) is 0 Å². The third-order valence-electron chi connectivity index (χ3n) is 5.19. The highest BCUT2D eigenvalue weighted by Crippen LogP contribution is 2.45. The largest absolute Gasteiger partial charge is 0.547 e. The van der Waals surface area contributed by atoms with Gasteiger partial charge in [-0.25, -0.2) is 4.39 Å². The van der Waals surface area contributed by atoms with Crippen LogP contribution in [0.5, 0.6) is 0 Å². The van der Waals surface area contributed by atoms with E-state index in [2.05, 4.69) is 11.4 Å². The van der Waals surface area contributed by atoms with E-state index < -0.39 is 29.7 Å². The molecular formula is C23H23FN2O7-2. The molecule has 9 nitrogen and oxygen atoms in total. The molecule has 3 N–H and O–H groups in total. The van der Waals surface area contributed by atoms with Crippen molar-refractivity contribution in [2.75, 3.05) is 13.6 Å². The Labute approximate surface area is 189 Å². The number of halogens is 1. The molecule has 0 aliphatic carbocycles. The van der Waals surface area contributed by atoms with E-state index in [-0.39, 0.29) is 5.82 Å². The Morgan fingerprint density at radius 1 is 1.18 bits per heavy atom. The van der Waals surface area contributed by atoms with E-state index in [0.717, 1.165) is 36.1 Å². The number of carbonyl (C=O) groups is 2. The number of aliphatic hydroxyl groups is 2. The number of nitriles is 1. The van der Waals surface area contributed by atoms with Crippen LogP contribution in [0.1, 0.15) is 35.1 Å². The van der Waals surface area contributed by atoms with Crippen LogP contribution in [0.25, 0.3) is 0 Å². The molecule has 1 aliphatic heterocycles. The van der Waals surface area contributed by atoms with E-state index in [4.69, 9.17) is 20.2 Å². The van der Waals surface area contributed by atoms with Crippen LogP contribution in [-0.4, -0.2) is 48.0 Å². The highest BCUT2D eigenvalue weighted by atomic mass is 19.1. The summed E-state index contributed by atoms with van der Waals surface area (Å²) in [6.07, 6.45) is -3.14. The van der Waals surface area contributed by atoms with Crippen LogP contribution < -0.4 is 15.5 Å². The first-order chi connectivity index (χ1) is 15.7. The number of fused-ring (bicyclic) bond motifs is 1. The maximum absolute atomic E-state index is 13.3. The molecule has 0 saturated heterocycles. The Morgan fingerprint density at radius 2 is 1.79 bits per heavy atom. The van der Waals surface area contributed by atoms with E-state index in [1.165, 1.54) is 12.1 Å². The predicted octanol–water partition coefficient (Wildman–Crippen LogP) is -1.32. The van der Waals surface area contributed by atoms with Crippen molar-refractivity contribution in [3.63, 3.8) is 0 Å². The Morgan fingerprint density at radius 3 is 2.30 bits per heavy atom. The fraction of sp³-hybridized carbons (Fsp3) is 0.348. The van der Waals surface area contributed by atoms with Gasteiger partial charge in [0.25, 0.3) is 0 Å². The maximum Gasteiger partial charge on any atom is 0.124 e. The summed E-state index contributed by atoms with van der Waals surface area (Å²) in [6.45, 7) is 1.36. The molecule has 2 aromatic carbocycles. The molecule has 0 saturated carbocycles. The average Bonchev–Trinajstić information content (AvgIpc) is 3.17. The molecule has 10 heteroatoms. The first-order valence-corrected chi connectivity index (χ1v) is 10.0. The topological polar surface area (TPSA) is 166 Å². The minimum absolute atomic E-state index is 0.253. The number of nitrogens with zero attached hydrogens (tertiary/aromatic N) is 1. The summed E-state index contributed by atoms with van der Waals surface area (Å²) in [5.74, 6) is -4.37. The number of carboxylic acids is 2. The van der Waals surface area contributed by atoms with Crippen LogP contribution in [0.15, 0.2) is 42.5 Å². The van der Waals surface area contributed by atoms with E-state index in [1.807, 2.05) is 25.2 Å². The smallest absolute Gasteiger partial charge is 0.124 e. The molecular weight excluding hydrogens is 435 g/mol. The Hall–Kier alpha value is -3.36. The quantitative estimate of drug-likeness (QED) is 0.407. The number of carbonyl (C=O) groups excluding carboxylic acids is 2. The second-order valence-electron chi connectivity index (χ2n) is 7.34. The number of carboxylic acid groups (broad SMARTS) is 2. The van der Waals surface area contributed by atoms with Gasteiger partial charge >= 0.3 is 0 Å². The van der Waals surface area contributed by atoms with Gasteiger partial charge in [-0.15, -0.1) is 0 Å². The molecule has 0 aromatic heterocycles. The van der Waals surface area contributed by atoms with Crippen molar-refractivity contribution in [3.05, 3.63) is 70.5 Å². The summed E-state index contributed by atoms with van der Waals surface area (Å²) in [4.78, 5) is 19.3. The lowest BCUT2D eigenvalue weighted by Gasteiger charge is -2.30. The van der Waals surface area contributed by atoms with Crippen molar-refractivity contribution >= 4 is 11.9 Å². The third kappa shape index (κ3) is 6.12. The summed E-state index contributed by atoms with van der Waals surface area (Å²) < 4.78 is 19.5. The lowest BCUT2D eigenvalue weighted by atomic mass is 9.81. The third-order valence-corrected chi connectivity index (χ3v) is 5.19. The molecule has 176 valence electrons. The van der Waals surface area contributed by atoms with Crippen molar-refractivity contribution < 1.29 is 39.1 Å². The number of ether oxygens (including phenoxy) is 1. The lowest BCUT2D eigenvalue weighted by molar-refractivity contribution is -0.333. The summed E-state index contributed by atoms with van der Waals surface area (Å²) in [5, 5.41) is 48.0. The van der Waals surface area contributed by atoms with Crippen LogP contribution in [-0.2, 0) is 26.5 Å². The van der Waals surface area contributed by atoms with E-state index in [1.54, 1.807) is 12.1 Å². The summed E-state index contributed by atoms with van der Waals surface area (Å²) in [7, 11) is 1.92. The minimum Gasteiger partial charge on any atom is -0.547 e. The SMILES string of the molecule is CNCCC[C@]1(c2ccc(F)cc2)OCc2cc(C#N)ccc21.O=C([O-])[C@H](O)[C@@H](O)C(=O)[O-]. The van der Waals surface area contributed by atoms with Gasteiger partial charge in [-0.3, -0.25) is 0 Å². The van der Waals surface area contributed by atoms with Crippen LogP contribution in [0.2, 0.25) is 0 Å². The number of hydrogen-bond acceptors (Lipinski definition) is 9. The number of nitrogens with one attached hydrogen (secondary N) is 1. The number of aliphatic hydroxyl groups excluding tert-OH is 2. The Kier molecular flexibility index (Phi) is 9.02. The normalized spacial score (nSPS) is 18.3. The number of aliphatic carboxylic acids is 2. The molecule has 33 heavy (non-hydrogen) atoms. The molecule has 1 heterocycles. The second-order valence-corrected chi connectivity index (χ2v) is 7.34. The van der Waals surface area contributed by atoms with Gasteiger partial charge in [0.1, 0.15) is 23.6 Å². The first kappa shape index (κ1) is 25.9. The van der Waals surface area contributed by atoms with Gasteiger partial charge in [0.15, 0.2) is 0 Å². The second kappa shape index (κ2) is 11.5. The van der Waals surface area contributed by atoms with Gasteiger partial charge in [0.05, 0.1) is 30.2 Å². The molecule has 0 radical (unpaired) electrons. The molecule has 0 unspecified atom stereocenters. The van der Waals surface area contributed by atoms with Crippen LogP contribution in [0.4, 0.5) is 4.39 Å². The fourth-order valence-electron chi connectivity index (χ4n) is 3.54. The molecule has 0 bridgehead atoms. The van der Waals surface area contributed by atoms with Gasteiger partial charge in [-0.05, 0) is 67.4 Å². The highest BCUT2D eigenvalue weighted by Gasteiger charge is 2.41. The maximum atomic E-state index is 13.3. The predicted molar refractivity (Wildman–Crippen MR) is 108 cm³/mol. The number of rotatable bonds is 8. The molecule has 2 aromatic rings. The fourth-order valence-corrected chi connectivity index (χ4v) is 3.54. The summed E-state index contributed by atoms with van der Waals surface area (Å²) >= 11 is 0. The monoisotopic (exact) mass is 458 g/mol. The van der Waals surface area contributed by atoms with Crippen LogP contribution in [0.3, 0.4) is 0 Å². The van der Waals surface area contributed by atoms with Crippen molar-refractivity contribution in [2.24, 2.45) is 0 Å². The van der Waals surface area contributed by atoms with Crippen LogP contribution >= 0.6 is 0 Å². The van der Waals surface area contributed by atoms with Crippen molar-refractivity contribution in [1.82, 2.24) is 5.32 Å². The van der Waals surface area contributed by atoms with E-state index >= 15 is 0 Å². The molecule has 3 rings (SSSR count). The van der Waals surface area contributed by atoms with Crippen LogP contribution in [0, 0.1) is 17.1 Å². The number of hydrogen-bond donors (Lipinski definition) is 3. The van der Waals surface area contributed by atoms with Gasteiger partial charge in [-0.2, -0.15) is 5.26 Å².